The summed E-state index contributed by atoms with van der Waals surface area (Å²) in [4.78, 5) is 11.2. The molecule has 0 radical (unpaired) electrons. The highest BCUT2D eigenvalue weighted by Crippen LogP contribution is 2.38. The lowest BCUT2D eigenvalue weighted by atomic mass is 9.76. The van der Waals surface area contributed by atoms with Crippen LogP contribution in [0.4, 0.5) is 0 Å². The highest BCUT2D eigenvalue weighted by Gasteiger charge is 2.27. The fourth-order valence-corrected chi connectivity index (χ4v) is 2.34. The molecule has 0 aliphatic rings. The van der Waals surface area contributed by atoms with Crippen LogP contribution in [0.2, 0.25) is 0 Å². The van der Waals surface area contributed by atoms with E-state index < -0.39 is 0 Å². The fraction of sp³-hybridized carbons (Fsp3) is 0.650. The predicted octanol–water partition coefficient (Wildman–Crippen LogP) is 5.84. The molecule has 1 rings (SSSR count). The molecule has 0 N–H and O–H groups in total. The molecule has 0 fully saturated rings. The average Bonchev–Trinajstić information content (AvgIpc) is 2.52. The lowest BCUT2D eigenvalue weighted by molar-refractivity contribution is -0.115. The van der Waals surface area contributed by atoms with Gasteiger partial charge in [0.25, 0.3) is 0 Å². The molecule has 0 heterocycles. The minimum atomic E-state index is -0.356. The van der Waals surface area contributed by atoms with Crippen molar-refractivity contribution in [1.82, 2.24) is 0 Å². The molecular weight excluding hydrogens is 308 g/mol. The largest absolute Gasteiger partial charge is 0.492 e. The van der Waals surface area contributed by atoms with E-state index in [-0.39, 0.29) is 22.0 Å². The van der Waals surface area contributed by atoms with Gasteiger partial charge in [0.2, 0.25) is 5.24 Å². The van der Waals surface area contributed by atoms with Gasteiger partial charge in [0.15, 0.2) is 0 Å². The molecule has 1 atom stereocenters. The van der Waals surface area contributed by atoms with Gasteiger partial charge in [-0.05, 0) is 46.9 Å². The van der Waals surface area contributed by atoms with Crippen LogP contribution in [0.15, 0.2) is 18.2 Å². The van der Waals surface area contributed by atoms with E-state index in [0.717, 1.165) is 18.6 Å². The van der Waals surface area contributed by atoms with E-state index in [4.69, 9.17) is 16.3 Å². The number of carbonyl (C=O) groups excluding carboxylic acids is 1. The fourth-order valence-electron chi connectivity index (χ4n) is 2.28. The Bertz CT molecular complexity index is 547. The maximum absolute atomic E-state index is 11.2. The van der Waals surface area contributed by atoms with E-state index in [9.17, 15) is 4.79 Å². The van der Waals surface area contributed by atoms with Gasteiger partial charge in [-0.15, -0.1) is 0 Å². The standard InChI is InChI=1S/C20H31ClO2/c1-8-19(4,5)15-10-11-17(23-13-14(3)18(21)22)16(12-15)20(6,7)9-2/h10-12,14H,8-9,13H2,1-7H3. The minimum Gasteiger partial charge on any atom is -0.492 e. The van der Waals surface area contributed by atoms with E-state index in [0.29, 0.717) is 6.61 Å². The third kappa shape index (κ3) is 4.97. The molecular formula is C20H31ClO2. The van der Waals surface area contributed by atoms with Crippen LogP contribution in [-0.2, 0) is 15.6 Å². The van der Waals surface area contributed by atoms with Crippen molar-refractivity contribution in [2.45, 2.75) is 72.1 Å². The Kier molecular flexibility index (Phi) is 6.70. The number of ether oxygens (including phenoxy) is 1. The quantitative estimate of drug-likeness (QED) is 0.556. The number of hydrogen-bond acceptors (Lipinski definition) is 2. The van der Waals surface area contributed by atoms with Gasteiger partial charge in [-0.2, -0.15) is 0 Å². The number of rotatable bonds is 8. The summed E-state index contributed by atoms with van der Waals surface area (Å²) in [6, 6.07) is 6.46. The van der Waals surface area contributed by atoms with Gasteiger partial charge < -0.3 is 4.74 Å². The van der Waals surface area contributed by atoms with Gasteiger partial charge in [0.1, 0.15) is 5.75 Å². The summed E-state index contributed by atoms with van der Waals surface area (Å²) in [7, 11) is 0. The van der Waals surface area contributed by atoms with Crippen LogP contribution in [0.25, 0.3) is 0 Å². The van der Waals surface area contributed by atoms with Gasteiger partial charge in [0.05, 0.1) is 12.5 Å². The molecule has 1 aromatic carbocycles. The summed E-state index contributed by atoms with van der Waals surface area (Å²) in [5, 5.41) is -0.356. The Morgan fingerprint density at radius 3 is 2.17 bits per heavy atom. The number of carbonyl (C=O) groups is 1. The Balaban J connectivity index is 3.22. The zero-order valence-electron chi connectivity index (χ0n) is 15.6. The first kappa shape index (κ1) is 20.0. The van der Waals surface area contributed by atoms with E-state index >= 15 is 0 Å². The van der Waals surface area contributed by atoms with Crippen molar-refractivity contribution in [3.05, 3.63) is 29.3 Å². The third-order valence-corrected chi connectivity index (χ3v) is 5.51. The first-order valence-electron chi connectivity index (χ1n) is 8.52. The zero-order valence-corrected chi connectivity index (χ0v) is 16.4. The molecule has 23 heavy (non-hydrogen) atoms. The van der Waals surface area contributed by atoms with Crippen LogP contribution in [0.3, 0.4) is 0 Å². The molecule has 0 aliphatic heterocycles. The maximum atomic E-state index is 11.2. The van der Waals surface area contributed by atoms with Gasteiger partial charge in [-0.3, -0.25) is 4.79 Å². The first-order valence-corrected chi connectivity index (χ1v) is 8.90. The first-order chi connectivity index (χ1) is 10.5. The van der Waals surface area contributed by atoms with Crippen molar-refractivity contribution in [2.75, 3.05) is 6.61 Å². The molecule has 3 heteroatoms. The van der Waals surface area contributed by atoms with Crippen LogP contribution in [-0.4, -0.2) is 11.8 Å². The second-order valence-electron chi connectivity index (χ2n) is 7.70. The molecule has 0 aromatic heterocycles. The molecule has 0 aliphatic carbocycles. The molecule has 0 spiro atoms. The molecule has 2 nitrogen and oxygen atoms in total. The lowest BCUT2D eigenvalue weighted by Gasteiger charge is -2.30. The summed E-state index contributed by atoms with van der Waals surface area (Å²) in [6.07, 6.45) is 2.10. The van der Waals surface area contributed by atoms with Crippen molar-refractivity contribution >= 4 is 16.8 Å². The van der Waals surface area contributed by atoms with Crippen molar-refractivity contribution in [2.24, 2.45) is 5.92 Å². The van der Waals surface area contributed by atoms with Gasteiger partial charge in [-0.1, -0.05) is 60.6 Å². The van der Waals surface area contributed by atoms with Crippen molar-refractivity contribution in [3.63, 3.8) is 0 Å². The Morgan fingerprint density at radius 1 is 1.13 bits per heavy atom. The second-order valence-corrected chi connectivity index (χ2v) is 8.07. The topological polar surface area (TPSA) is 26.3 Å². The van der Waals surface area contributed by atoms with Gasteiger partial charge >= 0.3 is 0 Å². The van der Waals surface area contributed by atoms with Crippen LogP contribution in [0, 0.1) is 5.92 Å². The number of halogens is 1. The van der Waals surface area contributed by atoms with Crippen LogP contribution in [0.1, 0.15) is 72.4 Å². The smallest absolute Gasteiger partial charge is 0.227 e. The van der Waals surface area contributed by atoms with Crippen molar-refractivity contribution in [3.8, 4) is 5.75 Å². The normalized spacial score (nSPS) is 13.7. The summed E-state index contributed by atoms with van der Waals surface area (Å²) in [5.74, 6) is 0.554. The number of benzene rings is 1. The average molecular weight is 339 g/mol. The molecule has 1 unspecified atom stereocenters. The van der Waals surface area contributed by atoms with Crippen LogP contribution < -0.4 is 4.74 Å². The highest BCUT2D eigenvalue weighted by atomic mass is 35.5. The monoisotopic (exact) mass is 338 g/mol. The maximum Gasteiger partial charge on any atom is 0.227 e. The highest BCUT2D eigenvalue weighted by molar-refractivity contribution is 6.63. The van der Waals surface area contributed by atoms with Gasteiger partial charge in [-0.25, -0.2) is 0 Å². The SMILES string of the molecule is CCC(C)(C)c1ccc(OCC(C)C(=O)Cl)c(C(C)(C)CC)c1. The van der Waals surface area contributed by atoms with Crippen LogP contribution in [0.5, 0.6) is 5.75 Å². The third-order valence-electron chi connectivity index (χ3n) is 5.13. The Morgan fingerprint density at radius 2 is 1.70 bits per heavy atom. The van der Waals surface area contributed by atoms with Gasteiger partial charge in [0, 0.05) is 5.56 Å². The van der Waals surface area contributed by atoms with E-state index in [1.54, 1.807) is 6.92 Å². The van der Waals surface area contributed by atoms with Crippen molar-refractivity contribution < 1.29 is 9.53 Å². The summed E-state index contributed by atoms with van der Waals surface area (Å²) in [6.45, 7) is 15.5. The zero-order chi connectivity index (χ0) is 17.8. The minimum absolute atomic E-state index is 0.0172. The molecule has 0 amide bonds. The Labute approximate surface area is 146 Å². The van der Waals surface area contributed by atoms with E-state index in [1.807, 2.05) is 6.07 Å². The van der Waals surface area contributed by atoms with Crippen LogP contribution >= 0.6 is 11.6 Å². The second kappa shape index (κ2) is 7.70. The summed E-state index contributed by atoms with van der Waals surface area (Å²) < 4.78 is 5.94. The summed E-state index contributed by atoms with van der Waals surface area (Å²) in [5.41, 5.74) is 2.68. The molecule has 0 saturated heterocycles. The Hall–Kier alpha value is -1.02. The molecule has 0 saturated carbocycles. The van der Waals surface area contributed by atoms with E-state index in [2.05, 4.69) is 53.7 Å². The van der Waals surface area contributed by atoms with Crippen molar-refractivity contribution in [1.29, 1.82) is 0 Å². The summed E-state index contributed by atoms with van der Waals surface area (Å²) >= 11 is 5.54. The number of hydrogen-bond donors (Lipinski definition) is 0. The molecule has 0 bridgehead atoms. The lowest BCUT2D eigenvalue weighted by Crippen LogP contribution is -2.22. The predicted molar refractivity (Wildman–Crippen MR) is 98.6 cm³/mol. The molecule has 1 aromatic rings. The molecule has 130 valence electrons. The van der Waals surface area contributed by atoms with E-state index in [1.165, 1.54) is 11.1 Å².